The van der Waals surface area contributed by atoms with Crippen molar-refractivity contribution in [2.24, 2.45) is 0 Å². The highest BCUT2D eigenvalue weighted by Crippen LogP contribution is 2.16. The number of allylic oxidation sites excluding steroid dienone is 3. The number of hydrogen-bond donors (Lipinski definition) is 2. The monoisotopic (exact) mass is 458 g/mol. The van der Waals surface area contributed by atoms with Crippen LogP contribution < -0.4 is 10.6 Å². The van der Waals surface area contributed by atoms with Crippen molar-refractivity contribution in [3.05, 3.63) is 108 Å². The lowest BCUT2D eigenvalue weighted by Crippen LogP contribution is -2.49. The van der Waals surface area contributed by atoms with Crippen molar-refractivity contribution in [3.8, 4) is 0 Å². The van der Waals surface area contributed by atoms with E-state index in [0.29, 0.717) is 35.2 Å². The molecule has 2 aromatic rings. The summed E-state index contributed by atoms with van der Waals surface area (Å²) in [7, 11) is 0. The maximum Gasteiger partial charge on any atom is 0.338 e. The van der Waals surface area contributed by atoms with Crippen LogP contribution in [0, 0.1) is 0 Å². The molecule has 2 atom stereocenters. The SMILES string of the molecule is C=C/C(=C\C=C/C)C(=O)NC1CNCCCC1OC(=O)c1ccc(C(=O)c2ccccc2)cc1. The number of esters is 1. The predicted molar refractivity (Wildman–Crippen MR) is 133 cm³/mol. The van der Waals surface area contributed by atoms with Crippen molar-refractivity contribution in [1.82, 2.24) is 10.6 Å². The summed E-state index contributed by atoms with van der Waals surface area (Å²) in [6.45, 7) is 6.84. The average Bonchev–Trinajstić information content (AvgIpc) is 3.09. The molecule has 176 valence electrons. The van der Waals surface area contributed by atoms with E-state index in [0.717, 1.165) is 13.0 Å². The lowest BCUT2D eigenvalue weighted by atomic mass is 10.0. The first kappa shape index (κ1) is 24.9. The smallest absolute Gasteiger partial charge is 0.338 e. The third kappa shape index (κ3) is 6.62. The van der Waals surface area contributed by atoms with E-state index >= 15 is 0 Å². The Balaban J connectivity index is 1.69. The van der Waals surface area contributed by atoms with Gasteiger partial charge in [-0.05, 0) is 44.5 Å². The van der Waals surface area contributed by atoms with Gasteiger partial charge in [-0.15, -0.1) is 0 Å². The van der Waals surface area contributed by atoms with Crippen LogP contribution in [0.4, 0.5) is 0 Å². The molecule has 0 saturated carbocycles. The first-order valence-corrected chi connectivity index (χ1v) is 11.4. The molecule has 0 aliphatic carbocycles. The first-order chi connectivity index (χ1) is 16.5. The Labute approximate surface area is 200 Å². The van der Waals surface area contributed by atoms with Crippen molar-refractivity contribution in [3.63, 3.8) is 0 Å². The number of ether oxygens (including phenoxy) is 1. The lowest BCUT2D eigenvalue weighted by molar-refractivity contribution is -0.118. The van der Waals surface area contributed by atoms with Crippen LogP contribution in [-0.4, -0.2) is 42.9 Å². The van der Waals surface area contributed by atoms with Gasteiger partial charge in [0.1, 0.15) is 6.10 Å². The van der Waals surface area contributed by atoms with Crippen LogP contribution in [0.25, 0.3) is 0 Å². The summed E-state index contributed by atoms with van der Waals surface area (Å²) in [6, 6.07) is 15.0. The molecule has 3 rings (SSSR count). The van der Waals surface area contributed by atoms with Gasteiger partial charge >= 0.3 is 5.97 Å². The van der Waals surface area contributed by atoms with Crippen molar-refractivity contribution >= 4 is 17.7 Å². The Bertz CT molecular complexity index is 1070. The summed E-state index contributed by atoms with van der Waals surface area (Å²) in [4.78, 5) is 38.2. The fourth-order valence-electron chi connectivity index (χ4n) is 3.71. The number of carbonyl (C=O) groups is 3. The molecule has 6 nitrogen and oxygen atoms in total. The topological polar surface area (TPSA) is 84.5 Å². The van der Waals surface area contributed by atoms with Crippen LogP contribution in [0.1, 0.15) is 46.0 Å². The fraction of sp³-hybridized carbons (Fsp3) is 0.250. The van der Waals surface area contributed by atoms with Crippen molar-refractivity contribution in [1.29, 1.82) is 0 Å². The first-order valence-electron chi connectivity index (χ1n) is 11.4. The lowest BCUT2D eigenvalue weighted by Gasteiger charge is -2.26. The summed E-state index contributed by atoms with van der Waals surface area (Å²) in [5, 5.41) is 6.25. The van der Waals surface area contributed by atoms with Crippen molar-refractivity contribution < 1.29 is 19.1 Å². The summed E-state index contributed by atoms with van der Waals surface area (Å²) < 4.78 is 5.81. The van der Waals surface area contributed by atoms with Gasteiger partial charge in [0.15, 0.2) is 5.78 Å². The van der Waals surface area contributed by atoms with Gasteiger partial charge in [-0.1, -0.05) is 67.3 Å². The van der Waals surface area contributed by atoms with Gasteiger partial charge in [0, 0.05) is 23.2 Å². The second-order valence-electron chi connectivity index (χ2n) is 7.99. The minimum atomic E-state index is -0.488. The van der Waals surface area contributed by atoms with Gasteiger partial charge in [-0.25, -0.2) is 4.79 Å². The Morgan fingerprint density at radius 1 is 1.03 bits per heavy atom. The number of nitrogens with one attached hydrogen (secondary N) is 2. The standard InChI is InChI=1S/C28H30N2O4/c1-3-5-10-20(4-2)27(32)30-24-19-29-18-9-13-25(24)34-28(33)23-16-14-22(15-17-23)26(31)21-11-7-6-8-12-21/h3-8,10-12,14-17,24-25,29H,2,9,13,18-19H2,1H3,(H,30,32)/b5-3-,20-10+. The van der Waals surface area contributed by atoms with Crippen molar-refractivity contribution in [2.75, 3.05) is 13.1 Å². The third-order valence-corrected chi connectivity index (χ3v) is 5.60. The molecule has 0 radical (unpaired) electrons. The van der Waals surface area contributed by atoms with Gasteiger partial charge in [0.25, 0.3) is 5.91 Å². The van der Waals surface area contributed by atoms with Crippen LogP contribution in [0.5, 0.6) is 0 Å². The maximum atomic E-state index is 12.9. The summed E-state index contributed by atoms with van der Waals surface area (Å²) in [6.07, 6.45) is 7.74. The molecule has 1 saturated heterocycles. The van der Waals surface area contributed by atoms with E-state index in [4.69, 9.17) is 4.74 Å². The minimum absolute atomic E-state index is 0.109. The third-order valence-electron chi connectivity index (χ3n) is 5.60. The molecule has 1 heterocycles. The van der Waals surface area contributed by atoms with E-state index in [-0.39, 0.29) is 17.7 Å². The Hall–Kier alpha value is -3.77. The summed E-state index contributed by atoms with van der Waals surface area (Å²) in [5.41, 5.74) is 1.87. The van der Waals surface area contributed by atoms with E-state index in [1.807, 2.05) is 31.2 Å². The summed E-state index contributed by atoms with van der Waals surface area (Å²) >= 11 is 0. The highest BCUT2D eigenvalue weighted by atomic mass is 16.5. The highest BCUT2D eigenvalue weighted by molar-refractivity contribution is 6.09. The molecule has 1 aliphatic heterocycles. The molecule has 1 fully saturated rings. The maximum absolute atomic E-state index is 12.9. The number of hydrogen-bond acceptors (Lipinski definition) is 5. The molecule has 2 aromatic carbocycles. The van der Waals surface area contributed by atoms with E-state index in [2.05, 4.69) is 17.2 Å². The highest BCUT2D eigenvalue weighted by Gasteiger charge is 2.29. The van der Waals surface area contributed by atoms with Gasteiger partial charge in [-0.3, -0.25) is 9.59 Å². The average molecular weight is 459 g/mol. The molecule has 6 heteroatoms. The zero-order valence-electron chi connectivity index (χ0n) is 19.3. The molecular formula is C28H30N2O4. The van der Waals surface area contributed by atoms with E-state index in [1.54, 1.807) is 48.6 Å². The number of amides is 1. The van der Waals surface area contributed by atoms with Gasteiger partial charge in [0.2, 0.25) is 0 Å². The molecule has 0 bridgehead atoms. The summed E-state index contributed by atoms with van der Waals surface area (Å²) in [5.74, 6) is -0.869. The zero-order chi connectivity index (χ0) is 24.3. The second kappa shape index (κ2) is 12.5. The number of benzene rings is 2. The van der Waals surface area contributed by atoms with Crippen LogP contribution in [0.2, 0.25) is 0 Å². The van der Waals surface area contributed by atoms with E-state index in [9.17, 15) is 14.4 Å². The Kier molecular flexibility index (Phi) is 9.12. The predicted octanol–water partition coefficient (Wildman–Crippen LogP) is 4.00. The molecular weight excluding hydrogens is 428 g/mol. The Morgan fingerprint density at radius 2 is 1.71 bits per heavy atom. The second-order valence-corrected chi connectivity index (χ2v) is 7.99. The minimum Gasteiger partial charge on any atom is -0.457 e. The molecule has 34 heavy (non-hydrogen) atoms. The van der Waals surface area contributed by atoms with E-state index < -0.39 is 12.1 Å². The van der Waals surface area contributed by atoms with Crippen LogP contribution >= 0.6 is 0 Å². The Morgan fingerprint density at radius 3 is 2.38 bits per heavy atom. The van der Waals surface area contributed by atoms with Crippen LogP contribution in [-0.2, 0) is 9.53 Å². The molecule has 2 N–H and O–H groups in total. The van der Waals surface area contributed by atoms with Crippen LogP contribution in [0.15, 0.2) is 91.1 Å². The number of ketones is 1. The van der Waals surface area contributed by atoms with Crippen molar-refractivity contribution in [2.45, 2.75) is 31.9 Å². The molecule has 1 amide bonds. The van der Waals surface area contributed by atoms with Crippen LogP contribution in [0.3, 0.4) is 0 Å². The zero-order valence-corrected chi connectivity index (χ0v) is 19.3. The number of rotatable bonds is 8. The molecule has 0 spiro atoms. The van der Waals surface area contributed by atoms with Gasteiger partial charge in [0.05, 0.1) is 11.6 Å². The van der Waals surface area contributed by atoms with E-state index in [1.165, 1.54) is 6.08 Å². The number of carbonyl (C=O) groups excluding carboxylic acids is 3. The quantitative estimate of drug-likeness (QED) is 0.270. The van der Waals surface area contributed by atoms with Gasteiger partial charge < -0.3 is 15.4 Å². The fourth-order valence-corrected chi connectivity index (χ4v) is 3.71. The molecule has 0 aromatic heterocycles. The molecule has 1 aliphatic rings. The normalized spacial score (nSPS) is 18.7. The largest absolute Gasteiger partial charge is 0.457 e. The molecule has 2 unspecified atom stereocenters. The van der Waals surface area contributed by atoms with Gasteiger partial charge in [-0.2, -0.15) is 0 Å².